The Morgan fingerprint density at radius 2 is 1.83 bits per heavy atom. The summed E-state index contributed by atoms with van der Waals surface area (Å²) in [6, 6.07) is 0. The summed E-state index contributed by atoms with van der Waals surface area (Å²) in [5, 5.41) is 9.02. The van der Waals surface area contributed by atoms with Gasteiger partial charge in [0.25, 0.3) is 0 Å². The number of carboxylic acids is 1. The second kappa shape index (κ2) is 7.89. The number of hydrogen-bond acceptors (Lipinski definition) is 2. The zero-order valence-electron chi connectivity index (χ0n) is 10.8. The minimum Gasteiger partial charge on any atom is -0.481 e. The van der Waals surface area contributed by atoms with Crippen molar-refractivity contribution in [2.24, 2.45) is 11.3 Å². The Labute approximate surface area is 105 Å². The number of rotatable bonds is 5. The van der Waals surface area contributed by atoms with Gasteiger partial charge in [-0.1, -0.05) is 26.3 Å². The van der Waals surface area contributed by atoms with Crippen LogP contribution < -0.4 is 0 Å². The summed E-state index contributed by atoms with van der Waals surface area (Å²) >= 11 is 0. The molecular formula is C12H19F3O3. The van der Waals surface area contributed by atoms with Gasteiger partial charge < -0.3 is 5.11 Å². The third-order valence-corrected chi connectivity index (χ3v) is 2.89. The Bertz CT molecular complexity index is 287. The van der Waals surface area contributed by atoms with Gasteiger partial charge in [-0.05, 0) is 19.3 Å². The second-order valence-electron chi connectivity index (χ2n) is 4.18. The first-order valence-electron chi connectivity index (χ1n) is 5.42. The molecule has 0 bridgehead atoms. The van der Waals surface area contributed by atoms with Crippen molar-refractivity contribution in [1.29, 1.82) is 0 Å². The van der Waals surface area contributed by atoms with E-state index in [-0.39, 0.29) is 5.92 Å². The average molecular weight is 268 g/mol. The van der Waals surface area contributed by atoms with Gasteiger partial charge in [0.2, 0.25) is 6.29 Å². The molecule has 0 heterocycles. The molecule has 0 amide bonds. The van der Waals surface area contributed by atoms with E-state index in [1.165, 1.54) is 0 Å². The number of carbonyl (C=O) groups excluding carboxylic acids is 1. The Kier molecular flexibility index (Phi) is 8.34. The molecule has 1 N–H and O–H groups in total. The van der Waals surface area contributed by atoms with E-state index in [1.54, 1.807) is 13.0 Å². The first-order valence-corrected chi connectivity index (χ1v) is 5.42. The van der Waals surface area contributed by atoms with Crippen molar-refractivity contribution in [3.05, 3.63) is 12.7 Å². The van der Waals surface area contributed by atoms with E-state index >= 15 is 0 Å². The number of hydrogen-bond donors (Lipinski definition) is 1. The van der Waals surface area contributed by atoms with Crippen molar-refractivity contribution in [2.75, 3.05) is 0 Å². The van der Waals surface area contributed by atoms with Crippen LogP contribution in [0.5, 0.6) is 0 Å². The minimum atomic E-state index is -4.64. The highest BCUT2D eigenvalue weighted by atomic mass is 19.4. The SMILES string of the molecule is C=CC[C@@](C)(C(=O)O)C(C)CC.O=CC(F)(F)F. The van der Waals surface area contributed by atoms with Crippen molar-refractivity contribution in [3.8, 4) is 0 Å². The minimum absolute atomic E-state index is 0.188. The highest BCUT2D eigenvalue weighted by molar-refractivity contribution is 5.74. The maximum absolute atomic E-state index is 11.0. The molecule has 0 aliphatic carbocycles. The van der Waals surface area contributed by atoms with E-state index in [1.807, 2.05) is 13.8 Å². The Morgan fingerprint density at radius 3 is 2.00 bits per heavy atom. The molecule has 6 heteroatoms. The Morgan fingerprint density at radius 1 is 1.44 bits per heavy atom. The van der Waals surface area contributed by atoms with Gasteiger partial charge >= 0.3 is 12.1 Å². The summed E-state index contributed by atoms with van der Waals surface area (Å²) in [6.07, 6.45) is -2.60. The molecule has 0 saturated carbocycles. The van der Waals surface area contributed by atoms with Crippen LogP contribution in [0, 0.1) is 11.3 Å². The van der Waals surface area contributed by atoms with E-state index in [9.17, 15) is 18.0 Å². The molecule has 18 heavy (non-hydrogen) atoms. The van der Waals surface area contributed by atoms with Crippen LogP contribution in [-0.2, 0) is 9.59 Å². The van der Waals surface area contributed by atoms with E-state index in [0.29, 0.717) is 6.42 Å². The van der Waals surface area contributed by atoms with Gasteiger partial charge in [-0.25, -0.2) is 0 Å². The van der Waals surface area contributed by atoms with E-state index in [4.69, 9.17) is 9.90 Å². The third-order valence-electron chi connectivity index (χ3n) is 2.89. The quantitative estimate of drug-likeness (QED) is 0.613. The van der Waals surface area contributed by atoms with Gasteiger partial charge in [-0.15, -0.1) is 6.58 Å². The molecule has 0 spiro atoms. The lowest BCUT2D eigenvalue weighted by atomic mass is 9.74. The number of allylic oxidation sites excluding steroid dienone is 1. The fourth-order valence-electron chi connectivity index (χ4n) is 1.25. The molecule has 0 aromatic heterocycles. The number of halogens is 3. The summed E-state index contributed by atoms with van der Waals surface area (Å²) in [7, 11) is 0. The van der Waals surface area contributed by atoms with E-state index in [0.717, 1.165) is 6.42 Å². The van der Waals surface area contributed by atoms with Gasteiger partial charge in [0.05, 0.1) is 5.41 Å². The summed E-state index contributed by atoms with van der Waals surface area (Å²) in [5.74, 6) is -0.537. The van der Waals surface area contributed by atoms with Gasteiger partial charge in [0.15, 0.2) is 0 Å². The predicted molar refractivity (Wildman–Crippen MR) is 62.1 cm³/mol. The molecular weight excluding hydrogens is 249 g/mol. The lowest BCUT2D eigenvalue weighted by molar-refractivity contribution is -0.156. The molecule has 0 fully saturated rings. The third kappa shape index (κ3) is 7.09. The first kappa shape index (κ1) is 19.0. The summed E-state index contributed by atoms with van der Waals surface area (Å²) in [5.41, 5.74) is -0.642. The van der Waals surface area contributed by atoms with Crippen LogP contribution in [0.2, 0.25) is 0 Å². The summed E-state index contributed by atoms with van der Waals surface area (Å²) in [4.78, 5) is 19.7. The van der Waals surface area contributed by atoms with Crippen molar-refractivity contribution in [3.63, 3.8) is 0 Å². The van der Waals surface area contributed by atoms with Crippen LogP contribution in [0.4, 0.5) is 13.2 Å². The molecule has 3 nitrogen and oxygen atoms in total. The highest BCUT2D eigenvalue weighted by Gasteiger charge is 2.36. The van der Waals surface area contributed by atoms with Crippen LogP contribution in [0.3, 0.4) is 0 Å². The summed E-state index contributed by atoms with van der Waals surface area (Å²) < 4.78 is 31.2. The smallest absolute Gasteiger partial charge is 0.446 e. The lowest BCUT2D eigenvalue weighted by Crippen LogP contribution is -2.33. The zero-order valence-corrected chi connectivity index (χ0v) is 10.8. The molecule has 0 rings (SSSR count). The van der Waals surface area contributed by atoms with Crippen molar-refractivity contribution in [2.45, 2.75) is 39.8 Å². The fourth-order valence-corrected chi connectivity index (χ4v) is 1.25. The maximum atomic E-state index is 11.0. The molecule has 0 saturated heterocycles. The van der Waals surface area contributed by atoms with Crippen LogP contribution in [-0.4, -0.2) is 23.5 Å². The van der Waals surface area contributed by atoms with Crippen LogP contribution >= 0.6 is 0 Å². The van der Waals surface area contributed by atoms with Gasteiger partial charge in [0.1, 0.15) is 0 Å². The molecule has 2 atom stereocenters. The normalized spacial score (nSPS) is 15.7. The molecule has 106 valence electrons. The average Bonchev–Trinajstić information content (AvgIpc) is 2.27. The monoisotopic (exact) mass is 268 g/mol. The van der Waals surface area contributed by atoms with Crippen LogP contribution in [0.15, 0.2) is 12.7 Å². The number of aldehydes is 1. The molecule has 0 aliphatic rings. The van der Waals surface area contributed by atoms with E-state index < -0.39 is 23.8 Å². The van der Waals surface area contributed by atoms with Gasteiger partial charge in [-0.2, -0.15) is 13.2 Å². The van der Waals surface area contributed by atoms with Gasteiger partial charge in [0, 0.05) is 0 Å². The molecule has 0 aliphatic heterocycles. The first-order chi connectivity index (χ1) is 8.05. The van der Waals surface area contributed by atoms with E-state index in [2.05, 4.69) is 6.58 Å². The largest absolute Gasteiger partial charge is 0.481 e. The van der Waals surface area contributed by atoms with Gasteiger partial charge in [-0.3, -0.25) is 9.59 Å². The van der Waals surface area contributed by atoms with Crippen LogP contribution in [0.25, 0.3) is 0 Å². The Balaban J connectivity index is 0. The lowest BCUT2D eigenvalue weighted by Gasteiger charge is -2.29. The topological polar surface area (TPSA) is 54.4 Å². The van der Waals surface area contributed by atoms with Crippen molar-refractivity contribution >= 4 is 12.3 Å². The molecule has 1 unspecified atom stereocenters. The second-order valence-corrected chi connectivity index (χ2v) is 4.18. The zero-order chi connectivity index (χ0) is 15.0. The molecule has 0 aromatic carbocycles. The summed E-state index contributed by atoms with van der Waals surface area (Å²) in [6.45, 7) is 9.34. The number of alkyl halides is 3. The molecule has 0 radical (unpaired) electrons. The number of carbonyl (C=O) groups is 2. The van der Waals surface area contributed by atoms with Crippen molar-refractivity contribution < 1.29 is 27.9 Å². The predicted octanol–water partition coefficient (Wildman–Crippen LogP) is 3.45. The number of aliphatic carboxylic acids is 1. The highest BCUT2D eigenvalue weighted by Crippen LogP contribution is 2.33. The molecule has 0 aromatic rings. The standard InChI is InChI=1S/C10H18O2.C2HF3O/c1-5-7-10(4,9(11)12)8(3)6-2;3-2(4,5)1-6/h5,8H,1,6-7H2,2-4H3,(H,11,12);1H/t8?,10-;/m1./s1. The maximum Gasteiger partial charge on any atom is 0.446 e. The van der Waals surface area contributed by atoms with Crippen LogP contribution in [0.1, 0.15) is 33.6 Å². The Hall–Kier alpha value is -1.33. The van der Waals surface area contributed by atoms with Crippen molar-refractivity contribution in [1.82, 2.24) is 0 Å². The number of carboxylic acid groups (broad SMARTS) is 1. The fraction of sp³-hybridized carbons (Fsp3) is 0.667.